The van der Waals surface area contributed by atoms with E-state index >= 15 is 0 Å². The fraction of sp³-hybridized carbons (Fsp3) is 0.250. The highest BCUT2D eigenvalue weighted by Gasteiger charge is 2.14. The van der Waals surface area contributed by atoms with E-state index in [1.165, 1.54) is 16.8 Å². The minimum Gasteiger partial charge on any atom is -0.437 e. The van der Waals surface area contributed by atoms with Crippen molar-refractivity contribution in [2.45, 2.75) is 13.3 Å². The van der Waals surface area contributed by atoms with Gasteiger partial charge in [-0.05, 0) is 18.6 Å². The first-order valence-corrected chi connectivity index (χ1v) is 5.85. The zero-order valence-corrected chi connectivity index (χ0v) is 10.8. The number of rotatable bonds is 3. The summed E-state index contributed by atoms with van der Waals surface area (Å²) in [4.78, 5) is 0. The fourth-order valence-corrected chi connectivity index (χ4v) is 1.73. The number of hydrogen-bond acceptors (Lipinski definition) is 3. The van der Waals surface area contributed by atoms with Crippen LogP contribution in [0.5, 0.6) is 11.6 Å². The average molecular weight is 270 g/mol. The average Bonchev–Trinajstić information content (AvgIpc) is 2.61. The van der Waals surface area contributed by atoms with Gasteiger partial charge in [0.2, 0.25) is 5.88 Å². The summed E-state index contributed by atoms with van der Waals surface area (Å²) < 4.78 is 20.4. The van der Waals surface area contributed by atoms with Gasteiger partial charge in [0.1, 0.15) is 17.3 Å². The third-order valence-electron chi connectivity index (χ3n) is 2.55. The second-order valence-corrected chi connectivity index (χ2v) is 4.23. The predicted molar refractivity (Wildman–Crippen MR) is 68.5 cm³/mol. The van der Waals surface area contributed by atoms with Crippen LogP contribution in [0.3, 0.4) is 0 Å². The summed E-state index contributed by atoms with van der Waals surface area (Å²) in [6, 6.07) is 4.21. The molecule has 0 aliphatic carbocycles. The molecule has 2 rings (SSSR count). The van der Waals surface area contributed by atoms with Crippen molar-refractivity contribution in [3.63, 3.8) is 0 Å². The number of halogens is 2. The van der Waals surface area contributed by atoms with Crippen LogP contribution in [0.15, 0.2) is 18.2 Å². The minimum atomic E-state index is -0.536. The lowest BCUT2D eigenvalue weighted by atomic mass is 10.3. The highest BCUT2D eigenvalue weighted by Crippen LogP contribution is 2.31. The van der Waals surface area contributed by atoms with Gasteiger partial charge in [0.05, 0.1) is 10.7 Å². The number of nitrogens with two attached hydrogens (primary N) is 1. The van der Waals surface area contributed by atoms with Gasteiger partial charge in [-0.3, -0.25) is 0 Å². The summed E-state index contributed by atoms with van der Waals surface area (Å²) >= 11 is 5.60. The van der Waals surface area contributed by atoms with Crippen LogP contribution in [0.4, 0.5) is 10.1 Å². The molecule has 1 aromatic carbocycles. The van der Waals surface area contributed by atoms with Gasteiger partial charge >= 0.3 is 0 Å². The summed E-state index contributed by atoms with van der Waals surface area (Å²) in [7, 11) is 1.72. The van der Waals surface area contributed by atoms with Gasteiger partial charge in [-0.15, -0.1) is 0 Å². The third kappa shape index (κ3) is 2.26. The van der Waals surface area contributed by atoms with Gasteiger partial charge < -0.3 is 10.5 Å². The number of ether oxygens (including phenoxy) is 1. The van der Waals surface area contributed by atoms with E-state index in [2.05, 4.69) is 5.10 Å². The molecule has 2 N–H and O–H groups in total. The van der Waals surface area contributed by atoms with E-state index in [1.54, 1.807) is 13.1 Å². The topological polar surface area (TPSA) is 53.1 Å². The van der Waals surface area contributed by atoms with Gasteiger partial charge in [-0.1, -0.05) is 18.5 Å². The Morgan fingerprint density at radius 3 is 2.78 bits per heavy atom. The van der Waals surface area contributed by atoms with E-state index in [0.717, 1.165) is 5.69 Å². The van der Waals surface area contributed by atoms with Crippen LogP contribution in [-0.4, -0.2) is 9.78 Å². The molecule has 0 aliphatic heterocycles. The molecule has 4 nitrogen and oxygen atoms in total. The molecule has 1 heterocycles. The molecule has 2 aromatic rings. The molecule has 0 atom stereocenters. The zero-order valence-electron chi connectivity index (χ0n) is 10.1. The van der Waals surface area contributed by atoms with Gasteiger partial charge in [-0.2, -0.15) is 5.10 Å². The van der Waals surface area contributed by atoms with Crippen molar-refractivity contribution in [2.75, 3.05) is 5.73 Å². The summed E-state index contributed by atoms with van der Waals surface area (Å²) in [5.74, 6) is 0.188. The Balaban J connectivity index is 2.33. The Kier molecular flexibility index (Phi) is 3.43. The number of hydrogen-bond donors (Lipinski definition) is 1. The van der Waals surface area contributed by atoms with Crippen molar-refractivity contribution in [1.82, 2.24) is 9.78 Å². The molecule has 0 spiro atoms. The molecular weight excluding hydrogens is 257 g/mol. The molecule has 0 saturated heterocycles. The summed E-state index contributed by atoms with van der Waals surface area (Å²) in [6.45, 7) is 1.95. The van der Waals surface area contributed by atoms with Crippen LogP contribution < -0.4 is 10.5 Å². The first-order chi connectivity index (χ1) is 8.52. The minimum absolute atomic E-state index is 0.0505. The van der Waals surface area contributed by atoms with Crippen LogP contribution in [0.1, 0.15) is 12.6 Å². The van der Waals surface area contributed by atoms with Crippen molar-refractivity contribution in [2.24, 2.45) is 7.05 Å². The molecule has 1 aromatic heterocycles. The van der Waals surface area contributed by atoms with Gasteiger partial charge in [0.15, 0.2) is 0 Å². The molecule has 0 unspecified atom stereocenters. The Hall–Kier alpha value is -1.75. The summed E-state index contributed by atoms with van der Waals surface area (Å²) in [6.07, 6.45) is 0.706. The number of nitrogens with zero attached hydrogens (tertiary/aromatic N) is 2. The lowest BCUT2D eigenvalue weighted by Gasteiger charge is -2.07. The quantitative estimate of drug-likeness (QED) is 0.931. The van der Waals surface area contributed by atoms with Crippen molar-refractivity contribution >= 4 is 17.3 Å². The van der Waals surface area contributed by atoms with Crippen LogP contribution in [-0.2, 0) is 13.5 Å². The van der Waals surface area contributed by atoms with Crippen molar-refractivity contribution in [1.29, 1.82) is 0 Å². The molecule has 0 radical (unpaired) electrons. The van der Waals surface area contributed by atoms with E-state index in [4.69, 9.17) is 22.1 Å². The third-order valence-corrected chi connectivity index (χ3v) is 2.85. The van der Waals surface area contributed by atoms with Crippen LogP contribution in [0, 0.1) is 5.82 Å². The molecule has 18 heavy (non-hydrogen) atoms. The summed E-state index contributed by atoms with van der Waals surface area (Å²) in [5.41, 5.74) is 7.12. The Bertz CT molecular complexity index is 583. The fourth-order valence-electron chi connectivity index (χ4n) is 1.61. The summed E-state index contributed by atoms with van der Waals surface area (Å²) in [5, 5.41) is 4.26. The molecule has 96 valence electrons. The molecular formula is C12H13ClFN3O. The largest absolute Gasteiger partial charge is 0.437 e. The normalized spacial score (nSPS) is 10.7. The number of aryl methyl sites for hydroxylation is 2. The molecule has 0 aliphatic rings. The second kappa shape index (κ2) is 4.86. The Morgan fingerprint density at radius 1 is 1.50 bits per heavy atom. The first-order valence-electron chi connectivity index (χ1n) is 5.47. The maximum Gasteiger partial charge on any atom is 0.241 e. The van der Waals surface area contributed by atoms with Gasteiger partial charge in [0, 0.05) is 13.1 Å². The molecule has 0 fully saturated rings. The Morgan fingerprint density at radius 2 is 2.22 bits per heavy atom. The molecule has 0 amide bonds. The molecule has 0 bridgehead atoms. The van der Waals surface area contributed by atoms with Crippen LogP contribution in [0.25, 0.3) is 0 Å². The van der Waals surface area contributed by atoms with Crippen molar-refractivity contribution < 1.29 is 9.13 Å². The zero-order chi connectivity index (χ0) is 13.3. The number of benzene rings is 1. The second-order valence-electron chi connectivity index (χ2n) is 3.82. The van der Waals surface area contributed by atoms with Crippen LogP contribution >= 0.6 is 11.6 Å². The van der Waals surface area contributed by atoms with E-state index in [0.29, 0.717) is 23.7 Å². The van der Waals surface area contributed by atoms with Gasteiger partial charge in [0.25, 0.3) is 0 Å². The van der Waals surface area contributed by atoms with E-state index in [9.17, 15) is 4.39 Å². The highest BCUT2D eigenvalue weighted by atomic mass is 35.5. The maximum absolute atomic E-state index is 13.3. The van der Waals surface area contributed by atoms with Crippen molar-refractivity contribution in [3.8, 4) is 11.6 Å². The highest BCUT2D eigenvalue weighted by molar-refractivity contribution is 6.30. The predicted octanol–water partition coefficient (Wildman–Crippen LogP) is 3.15. The number of aromatic nitrogens is 2. The molecule has 0 saturated carbocycles. The smallest absolute Gasteiger partial charge is 0.241 e. The molecule has 6 heteroatoms. The maximum atomic E-state index is 13.3. The van der Waals surface area contributed by atoms with Gasteiger partial charge in [-0.25, -0.2) is 9.07 Å². The van der Waals surface area contributed by atoms with Crippen LogP contribution in [0.2, 0.25) is 5.02 Å². The number of anilines is 1. The first kappa shape index (κ1) is 12.7. The Labute approximate surface area is 109 Å². The lowest BCUT2D eigenvalue weighted by Crippen LogP contribution is -1.97. The SMILES string of the molecule is CCc1nn(C)c(Oc2ccc(Cl)c(F)c2)c1N. The monoisotopic (exact) mass is 269 g/mol. The van der Waals surface area contributed by atoms with E-state index < -0.39 is 5.82 Å². The number of nitrogen functional groups attached to an aromatic ring is 1. The van der Waals surface area contributed by atoms with Crippen molar-refractivity contribution in [3.05, 3.63) is 34.7 Å². The standard InChI is InChI=1S/C12H13ClFN3O/c1-3-10-11(15)12(17(2)16-10)18-7-4-5-8(13)9(14)6-7/h4-6H,3,15H2,1-2H3. The lowest BCUT2D eigenvalue weighted by molar-refractivity contribution is 0.429. The van der Waals surface area contributed by atoms with E-state index in [1.807, 2.05) is 6.92 Å². The van der Waals surface area contributed by atoms with E-state index in [-0.39, 0.29) is 5.02 Å².